The van der Waals surface area contributed by atoms with Crippen LogP contribution >= 0.6 is 0 Å². The largest absolute Gasteiger partial charge is 0.355 e. The topological polar surface area (TPSA) is 44.4 Å². The number of nitrogens with one attached hydrogen (secondary N) is 2. The van der Waals surface area contributed by atoms with Gasteiger partial charge >= 0.3 is 0 Å². The lowest BCUT2D eigenvalue weighted by Crippen LogP contribution is -2.51. The van der Waals surface area contributed by atoms with E-state index >= 15 is 0 Å². The number of nitrogens with zero attached hydrogens (tertiary/aromatic N) is 1. The minimum Gasteiger partial charge on any atom is -0.355 e. The zero-order valence-electron chi connectivity index (χ0n) is 13.9. The van der Waals surface area contributed by atoms with Crippen LogP contribution in [0.1, 0.15) is 52.4 Å². The van der Waals surface area contributed by atoms with Gasteiger partial charge in [-0.15, -0.1) is 0 Å². The maximum atomic E-state index is 12.6. The zero-order chi connectivity index (χ0) is 15.1. The van der Waals surface area contributed by atoms with E-state index in [9.17, 15) is 4.79 Å². The van der Waals surface area contributed by atoms with Gasteiger partial charge < -0.3 is 10.6 Å². The van der Waals surface area contributed by atoms with Gasteiger partial charge in [0, 0.05) is 6.54 Å². The number of carbonyl (C=O) groups is 1. The fourth-order valence-corrected chi connectivity index (χ4v) is 3.76. The van der Waals surface area contributed by atoms with Crippen molar-refractivity contribution in [1.82, 2.24) is 15.5 Å². The average molecular weight is 295 g/mol. The van der Waals surface area contributed by atoms with Crippen molar-refractivity contribution in [3.8, 4) is 0 Å². The van der Waals surface area contributed by atoms with Gasteiger partial charge in [0.05, 0.1) is 6.04 Å². The number of likely N-dealkylation sites (tertiary alicyclic amines) is 1. The lowest BCUT2D eigenvalue weighted by atomic mass is 9.95. The Kier molecular flexibility index (Phi) is 6.97. The fraction of sp³-hybridized carbons (Fsp3) is 0.941. The van der Waals surface area contributed by atoms with Crippen molar-refractivity contribution in [2.75, 3.05) is 32.7 Å². The lowest BCUT2D eigenvalue weighted by molar-refractivity contribution is -0.128. The third kappa shape index (κ3) is 5.26. The maximum Gasteiger partial charge on any atom is 0.237 e. The first kappa shape index (κ1) is 16.8. The zero-order valence-corrected chi connectivity index (χ0v) is 13.9. The maximum absolute atomic E-state index is 12.6. The number of carbonyl (C=O) groups excluding carboxylic acids is 1. The molecule has 2 rings (SSSR count). The molecule has 21 heavy (non-hydrogen) atoms. The molecule has 0 aromatic heterocycles. The smallest absolute Gasteiger partial charge is 0.237 e. The van der Waals surface area contributed by atoms with Crippen LogP contribution in [0.15, 0.2) is 0 Å². The second-order valence-corrected chi connectivity index (χ2v) is 7.08. The average Bonchev–Trinajstić information content (AvgIpc) is 2.49. The summed E-state index contributed by atoms with van der Waals surface area (Å²) in [6.07, 6.45) is 7.50. The molecule has 0 aliphatic carbocycles. The Morgan fingerprint density at radius 2 is 2.00 bits per heavy atom. The minimum atomic E-state index is 0.0646. The number of piperidine rings is 2. The first-order valence-electron chi connectivity index (χ1n) is 8.91. The van der Waals surface area contributed by atoms with Gasteiger partial charge in [-0.05, 0) is 70.1 Å². The molecule has 4 heteroatoms. The van der Waals surface area contributed by atoms with Gasteiger partial charge in [0.25, 0.3) is 0 Å². The summed E-state index contributed by atoms with van der Waals surface area (Å²) in [5, 5.41) is 6.65. The summed E-state index contributed by atoms with van der Waals surface area (Å²) in [6.45, 7) is 9.63. The van der Waals surface area contributed by atoms with E-state index in [2.05, 4.69) is 29.4 Å². The second-order valence-electron chi connectivity index (χ2n) is 7.08. The Bertz CT molecular complexity index is 307. The van der Waals surface area contributed by atoms with Crippen LogP contribution in [0.25, 0.3) is 0 Å². The summed E-state index contributed by atoms with van der Waals surface area (Å²) in [6, 6.07) is 0.0646. The third-order valence-corrected chi connectivity index (χ3v) is 4.93. The van der Waals surface area contributed by atoms with Crippen molar-refractivity contribution in [1.29, 1.82) is 0 Å². The van der Waals surface area contributed by atoms with Crippen LogP contribution in [-0.4, -0.2) is 49.6 Å². The van der Waals surface area contributed by atoms with Gasteiger partial charge in [0.15, 0.2) is 0 Å². The van der Waals surface area contributed by atoms with Gasteiger partial charge in [-0.3, -0.25) is 9.69 Å². The molecular weight excluding hydrogens is 262 g/mol. The molecule has 2 heterocycles. The molecule has 0 spiro atoms. The van der Waals surface area contributed by atoms with E-state index in [1.54, 1.807) is 0 Å². The second kappa shape index (κ2) is 8.74. The molecular formula is C17H33N3O. The van der Waals surface area contributed by atoms with Crippen LogP contribution in [-0.2, 0) is 4.79 Å². The Morgan fingerprint density at radius 1 is 1.24 bits per heavy atom. The molecule has 0 bridgehead atoms. The summed E-state index contributed by atoms with van der Waals surface area (Å²) >= 11 is 0. The first-order valence-corrected chi connectivity index (χ1v) is 8.91. The van der Waals surface area contributed by atoms with Crippen LogP contribution < -0.4 is 10.6 Å². The van der Waals surface area contributed by atoms with E-state index in [4.69, 9.17) is 0 Å². The van der Waals surface area contributed by atoms with Crippen molar-refractivity contribution >= 4 is 5.91 Å². The van der Waals surface area contributed by atoms with E-state index in [0.717, 1.165) is 45.1 Å². The highest BCUT2D eigenvalue weighted by molar-refractivity contribution is 5.82. The molecule has 0 aromatic rings. The molecule has 2 aliphatic heterocycles. The third-order valence-electron chi connectivity index (χ3n) is 4.93. The lowest BCUT2D eigenvalue weighted by Gasteiger charge is -2.36. The summed E-state index contributed by atoms with van der Waals surface area (Å²) in [4.78, 5) is 15.0. The summed E-state index contributed by atoms with van der Waals surface area (Å²) in [7, 11) is 0. The molecule has 1 amide bonds. The van der Waals surface area contributed by atoms with Crippen molar-refractivity contribution in [3.05, 3.63) is 0 Å². The van der Waals surface area contributed by atoms with Crippen molar-refractivity contribution in [2.24, 2.45) is 11.8 Å². The molecule has 4 nitrogen and oxygen atoms in total. The predicted molar refractivity (Wildman–Crippen MR) is 87.3 cm³/mol. The summed E-state index contributed by atoms with van der Waals surface area (Å²) in [5.74, 6) is 1.38. The van der Waals surface area contributed by atoms with Crippen LogP contribution in [0.4, 0.5) is 0 Å². The van der Waals surface area contributed by atoms with Crippen LogP contribution in [0.2, 0.25) is 0 Å². The standard InChI is InChI=1S/C17H33N3O/c1-14(2)16(20-11-4-3-5-12-20)17(21)19-10-8-15-7-6-9-18-13-15/h14-16,18H,3-13H2,1-2H3,(H,19,21). The predicted octanol–water partition coefficient (Wildman–Crippen LogP) is 2.00. The van der Waals surface area contributed by atoms with Gasteiger partial charge in [0.1, 0.15) is 0 Å². The fourth-order valence-electron chi connectivity index (χ4n) is 3.76. The molecule has 0 aromatic carbocycles. The van der Waals surface area contributed by atoms with E-state index in [0.29, 0.717) is 5.92 Å². The normalized spacial score (nSPS) is 25.8. The molecule has 2 atom stereocenters. The van der Waals surface area contributed by atoms with Crippen LogP contribution in [0.3, 0.4) is 0 Å². The van der Waals surface area contributed by atoms with Crippen LogP contribution in [0.5, 0.6) is 0 Å². The molecule has 2 N–H and O–H groups in total. The molecule has 2 saturated heterocycles. The minimum absolute atomic E-state index is 0.0646. The highest BCUT2D eigenvalue weighted by atomic mass is 16.2. The van der Waals surface area contributed by atoms with E-state index in [1.165, 1.54) is 32.1 Å². The molecule has 2 unspecified atom stereocenters. The molecule has 2 fully saturated rings. The molecule has 122 valence electrons. The highest BCUT2D eigenvalue weighted by Crippen LogP contribution is 2.18. The van der Waals surface area contributed by atoms with Crippen molar-refractivity contribution in [3.63, 3.8) is 0 Å². The monoisotopic (exact) mass is 295 g/mol. The van der Waals surface area contributed by atoms with Gasteiger partial charge in [-0.1, -0.05) is 20.3 Å². The molecule has 2 aliphatic rings. The SMILES string of the molecule is CC(C)C(C(=O)NCCC1CCCNC1)N1CCCCC1. The Balaban J connectivity index is 1.75. The van der Waals surface area contributed by atoms with Gasteiger partial charge in [-0.25, -0.2) is 0 Å². The first-order chi connectivity index (χ1) is 10.2. The van der Waals surface area contributed by atoms with Gasteiger partial charge in [-0.2, -0.15) is 0 Å². The van der Waals surface area contributed by atoms with E-state index < -0.39 is 0 Å². The highest BCUT2D eigenvalue weighted by Gasteiger charge is 2.29. The van der Waals surface area contributed by atoms with Gasteiger partial charge in [0.2, 0.25) is 5.91 Å². The molecule has 0 radical (unpaired) electrons. The summed E-state index contributed by atoms with van der Waals surface area (Å²) < 4.78 is 0. The van der Waals surface area contributed by atoms with Crippen LogP contribution in [0, 0.1) is 11.8 Å². The van der Waals surface area contributed by atoms with E-state index in [-0.39, 0.29) is 11.9 Å². The molecule has 0 saturated carbocycles. The number of amides is 1. The van der Waals surface area contributed by atoms with Crippen molar-refractivity contribution in [2.45, 2.75) is 58.4 Å². The Hall–Kier alpha value is -0.610. The number of hydrogen-bond donors (Lipinski definition) is 2. The van der Waals surface area contributed by atoms with Crippen molar-refractivity contribution < 1.29 is 4.79 Å². The Labute approximate surface area is 130 Å². The van der Waals surface area contributed by atoms with E-state index in [1.807, 2.05) is 0 Å². The number of rotatable bonds is 6. The quantitative estimate of drug-likeness (QED) is 0.788. The summed E-state index contributed by atoms with van der Waals surface area (Å²) in [5.41, 5.74) is 0. The number of hydrogen-bond acceptors (Lipinski definition) is 3. The Morgan fingerprint density at radius 3 is 2.62 bits per heavy atom.